The van der Waals surface area contributed by atoms with Gasteiger partial charge in [0.15, 0.2) is 0 Å². The third kappa shape index (κ3) is 3.44. The third-order valence-electron chi connectivity index (χ3n) is 3.36. The normalized spacial score (nSPS) is 22.6. The molecule has 0 bridgehead atoms. The van der Waals surface area contributed by atoms with Crippen molar-refractivity contribution < 1.29 is 4.74 Å². The maximum absolute atomic E-state index is 9.01. The molecule has 0 aromatic carbocycles. The maximum atomic E-state index is 9.01. The van der Waals surface area contributed by atoms with Gasteiger partial charge in [-0.3, -0.25) is 9.80 Å². The summed E-state index contributed by atoms with van der Waals surface area (Å²) in [6.07, 6.45) is 0.921. The Balaban J connectivity index is 2.36. The minimum atomic E-state index is 0.0971. The van der Waals surface area contributed by atoms with Crippen molar-refractivity contribution >= 4 is 0 Å². The molecule has 1 rings (SSSR count). The summed E-state index contributed by atoms with van der Waals surface area (Å²) in [5, 5.41) is 9.01. The van der Waals surface area contributed by atoms with E-state index in [-0.39, 0.29) is 6.04 Å². The minimum Gasteiger partial charge on any atom is -0.383 e. The van der Waals surface area contributed by atoms with Crippen LogP contribution in [0.5, 0.6) is 0 Å². The smallest absolute Gasteiger partial charge is 0.0976 e. The molecule has 4 nitrogen and oxygen atoms in total. The molecular formula is C12H23N3O. The highest BCUT2D eigenvalue weighted by molar-refractivity contribution is 4.93. The van der Waals surface area contributed by atoms with Gasteiger partial charge < -0.3 is 4.74 Å². The number of piperazine rings is 1. The second kappa shape index (κ2) is 6.85. The Morgan fingerprint density at radius 1 is 1.25 bits per heavy atom. The van der Waals surface area contributed by atoms with E-state index in [1.807, 2.05) is 0 Å². The van der Waals surface area contributed by atoms with Crippen LogP contribution < -0.4 is 0 Å². The van der Waals surface area contributed by atoms with E-state index in [0.717, 1.165) is 39.2 Å². The molecule has 0 saturated carbocycles. The summed E-state index contributed by atoms with van der Waals surface area (Å²) >= 11 is 0. The van der Waals surface area contributed by atoms with Crippen molar-refractivity contribution in [2.75, 3.05) is 39.9 Å². The van der Waals surface area contributed by atoms with Crippen molar-refractivity contribution in [3.63, 3.8) is 0 Å². The van der Waals surface area contributed by atoms with Gasteiger partial charge in [0.2, 0.25) is 0 Å². The molecule has 1 aliphatic rings. The van der Waals surface area contributed by atoms with Crippen LogP contribution in [-0.4, -0.2) is 61.8 Å². The summed E-state index contributed by atoms with van der Waals surface area (Å²) in [7, 11) is 1.75. The predicted molar refractivity (Wildman–Crippen MR) is 64.2 cm³/mol. The van der Waals surface area contributed by atoms with Gasteiger partial charge in [0.25, 0.3) is 0 Å². The van der Waals surface area contributed by atoms with E-state index in [4.69, 9.17) is 10.00 Å². The summed E-state index contributed by atoms with van der Waals surface area (Å²) in [6, 6.07) is 2.95. The van der Waals surface area contributed by atoms with Crippen molar-refractivity contribution in [2.45, 2.75) is 32.4 Å². The quantitative estimate of drug-likeness (QED) is 0.698. The van der Waals surface area contributed by atoms with Gasteiger partial charge in [-0.1, -0.05) is 6.92 Å². The molecule has 0 aromatic rings. The van der Waals surface area contributed by atoms with Crippen LogP contribution in [0.2, 0.25) is 0 Å². The first-order valence-corrected chi connectivity index (χ1v) is 6.09. The highest BCUT2D eigenvalue weighted by Crippen LogP contribution is 2.11. The topological polar surface area (TPSA) is 39.5 Å². The van der Waals surface area contributed by atoms with Crippen molar-refractivity contribution in [3.8, 4) is 6.07 Å². The summed E-state index contributed by atoms with van der Waals surface area (Å²) in [5.41, 5.74) is 0. The fraction of sp³-hybridized carbons (Fsp3) is 0.917. The Bertz CT molecular complexity index is 231. The highest BCUT2D eigenvalue weighted by Gasteiger charge is 2.24. The van der Waals surface area contributed by atoms with Crippen LogP contribution in [0.1, 0.15) is 20.3 Å². The summed E-state index contributed by atoms with van der Waals surface area (Å²) < 4.78 is 5.17. The molecule has 0 aromatic heterocycles. The molecule has 92 valence electrons. The summed E-state index contributed by atoms with van der Waals surface area (Å²) in [5.74, 6) is 0. The average Bonchev–Trinajstić information content (AvgIpc) is 2.32. The monoisotopic (exact) mass is 225 g/mol. The first kappa shape index (κ1) is 13.4. The molecular weight excluding hydrogens is 202 g/mol. The van der Waals surface area contributed by atoms with Crippen LogP contribution in [-0.2, 0) is 4.74 Å². The molecule has 4 heteroatoms. The Morgan fingerprint density at radius 3 is 2.25 bits per heavy atom. The Morgan fingerprint density at radius 2 is 1.81 bits per heavy atom. The second-order valence-corrected chi connectivity index (χ2v) is 4.43. The van der Waals surface area contributed by atoms with Gasteiger partial charge in [0.1, 0.15) is 0 Å². The van der Waals surface area contributed by atoms with E-state index >= 15 is 0 Å². The molecule has 1 fully saturated rings. The van der Waals surface area contributed by atoms with E-state index in [9.17, 15) is 0 Å². The lowest BCUT2D eigenvalue weighted by Crippen LogP contribution is -2.53. The number of ether oxygens (including phenoxy) is 1. The zero-order valence-corrected chi connectivity index (χ0v) is 10.6. The summed E-state index contributed by atoms with van der Waals surface area (Å²) in [6.45, 7) is 9.15. The predicted octanol–water partition coefficient (Wildman–Crippen LogP) is 0.941. The largest absolute Gasteiger partial charge is 0.383 e. The molecule has 1 heterocycles. The first-order valence-electron chi connectivity index (χ1n) is 6.09. The number of hydrogen-bond donors (Lipinski definition) is 0. The van der Waals surface area contributed by atoms with Crippen LogP contribution in [0.3, 0.4) is 0 Å². The molecule has 16 heavy (non-hydrogen) atoms. The van der Waals surface area contributed by atoms with Crippen LogP contribution in [0, 0.1) is 11.3 Å². The number of nitrogens with zero attached hydrogens (tertiary/aromatic N) is 3. The van der Waals surface area contributed by atoms with Gasteiger partial charge in [0, 0.05) is 39.3 Å². The van der Waals surface area contributed by atoms with Crippen LogP contribution in [0.15, 0.2) is 0 Å². The number of nitriles is 1. The van der Waals surface area contributed by atoms with E-state index < -0.39 is 0 Å². The fourth-order valence-electron chi connectivity index (χ4n) is 2.27. The zero-order valence-electron chi connectivity index (χ0n) is 10.6. The van der Waals surface area contributed by atoms with Crippen molar-refractivity contribution in [1.29, 1.82) is 5.26 Å². The van der Waals surface area contributed by atoms with Gasteiger partial charge >= 0.3 is 0 Å². The lowest BCUT2D eigenvalue weighted by molar-refractivity contribution is 0.0494. The van der Waals surface area contributed by atoms with Gasteiger partial charge in [-0.2, -0.15) is 5.26 Å². The van der Waals surface area contributed by atoms with E-state index in [2.05, 4.69) is 29.7 Å². The number of hydrogen-bond acceptors (Lipinski definition) is 4. The molecule has 0 radical (unpaired) electrons. The lowest BCUT2D eigenvalue weighted by Gasteiger charge is -2.39. The first-order chi connectivity index (χ1) is 7.72. The molecule has 0 aliphatic carbocycles. The highest BCUT2D eigenvalue weighted by atomic mass is 16.5. The molecule has 2 unspecified atom stereocenters. The molecule has 2 atom stereocenters. The Hall–Kier alpha value is -0.630. The molecule has 1 aliphatic heterocycles. The average molecular weight is 225 g/mol. The van der Waals surface area contributed by atoms with Gasteiger partial charge in [-0.05, 0) is 13.3 Å². The lowest BCUT2D eigenvalue weighted by atomic mass is 10.1. The van der Waals surface area contributed by atoms with Gasteiger partial charge in [-0.15, -0.1) is 0 Å². The second-order valence-electron chi connectivity index (χ2n) is 4.43. The van der Waals surface area contributed by atoms with E-state index in [1.54, 1.807) is 7.11 Å². The molecule has 0 N–H and O–H groups in total. The molecule has 1 saturated heterocycles. The van der Waals surface area contributed by atoms with E-state index in [1.165, 1.54) is 0 Å². The van der Waals surface area contributed by atoms with E-state index in [0.29, 0.717) is 6.04 Å². The Kier molecular flexibility index (Phi) is 5.75. The van der Waals surface area contributed by atoms with Gasteiger partial charge in [0.05, 0.1) is 18.7 Å². The van der Waals surface area contributed by atoms with Crippen molar-refractivity contribution in [1.82, 2.24) is 9.80 Å². The van der Waals surface area contributed by atoms with Crippen LogP contribution in [0.4, 0.5) is 0 Å². The maximum Gasteiger partial charge on any atom is 0.0976 e. The number of rotatable bonds is 5. The third-order valence-corrected chi connectivity index (χ3v) is 3.36. The number of methoxy groups -OCH3 is 1. The molecule has 0 spiro atoms. The van der Waals surface area contributed by atoms with Crippen molar-refractivity contribution in [3.05, 3.63) is 0 Å². The zero-order chi connectivity index (χ0) is 12.0. The Labute approximate surface area is 98.8 Å². The molecule has 0 amide bonds. The van der Waals surface area contributed by atoms with Crippen LogP contribution in [0.25, 0.3) is 0 Å². The summed E-state index contributed by atoms with van der Waals surface area (Å²) in [4.78, 5) is 4.72. The minimum absolute atomic E-state index is 0.0971. The van der Waals surface area contributed by atoms with Crippen molar-refractivity contribution in [2.24, 2.45) is 0 Å². The standard InChI is InChI=1S/C12H23N3O/c1-4-12(9-13)15-7-5-14(6-8-15)11(2)10-16-3/h11-12H,4-8,10H2,1-3H3. The fourth-order valence-corrected chi connectivity index (χ4v) is 2.27. The van der Waals surface area contributed by atoms with Crippen LogP contribution >= 0.6 is 0 Å². The SMILES string of the molecule is CCC(C#N)N1CCN(C(C)COC)CC1. The van der Waals surface area contributed by atoms with Gasteiger partial charge in [-0.25, -0.2) is 0 Å².